The quantitative estimate of drug-likeness (QED) is 0.792. The molecule has 2 aromatic rings. The van der Waals surface area contributed by atoms with E-state index in [4.69, 9.17) is 0 Å². The summed E-state index contributed by atoms with van der Waals surface area (Å²) in [6.45, 7) is 5.92. The molecule has 0 unspecified atom stereocenters. The lowest BCUT2D eigenvalue weighted by Gasteiger charge is -2.20. The molecular formula is C19H19NO2. The molecule has 0 bridgehead atoms. The fraction of sp³-hybridized carbons (Fsp3) is 0.263. The number of nitrogens with zero attached hydrogens (tertiary/aromatic N) is 1. The van der Waals surface area contributed by atoms with Gasteiger partial charge < -0.3 is 0 Å². The van der Waals surface area contributed by atoms with Gasteiger partial charge in [-0.3, -0.25) is 9.59 Å². The molecule has 0 spiro atoms. The summed E-state index contributed by atoms with van der Waals surface area (Å²) in [4.78, 5) is 26.7. The SMILES string of the molecule is Cc1cc(C)c(N2C(=O)C[C@H](c3ccccc3)C2=O)c(C)c1. The van der Waals surface area contributed by atoms with Crippen LogP contribution >= 0.6 is 0 Å². The lowest BCUT2D eigenvalue weighted by atomic mass is 9.97. The van der Waals surface area contributed by atoms with Gasteiger partial charge in [0, 0.05) is 6.42 Å². The lowest BCUT2D eigenvalue weighted by molar-refractivity contribution is -0.121. The molecule has 1 atom stereocenters. The number of benzene rings is 2. The third-order valence-electron chi connectivity index (χ3n) is 4.21. The molecule has 2 aromatic carbocycles. The van der Waals surface area contributed by atoms with E-state index >= 15 is 0 Å². The van der Waals surface area contributed by atoms with Crippen LogP contribution in [0.2, 0.25) is 0 Å². The minimum atomic E-state index is -0.367. The third-order valence-corrected chi connectivity index (χ3v) is 4.21. The first kappa shape index (κ1) is 14.5. The summed E-state index contributed by atoms with van der Waals surface area (Å²) in [5.74, 6) is -0.603. The maximum atomic E-state index is 12.8. The summed E-state index contributed by atoms with van der Waals surface area (Å²) in [6.07, 6.45) is 0.246. The fourth-order valence-electron chi connectivity index (χ4n) is 3.34. The van der Waals surface area contributed by atoms with Crippen molar-refractivity contribution in [3.8, 4) is 0 Å². The molecule has 1 saturated heterocycles. The van der Waals surface area contributed by atoms with E-state index in [1.807, 2.05) is 63.2 Å². The van der Waals surface area contributed by atoms with Crippen LogP contribution in [0.1, 0.15) is 34.6 Å². The van der Waals surface area contributed by atoms with E-state index in [0.29, 0.717) is 0 Å². The van der Waals surface area contributed by atoms with Gasteiger partial charge in [0.05, 0.1) is 11.6 Å². The summed E-state index contributed by atoms with van der Waals surface area (Å²) in [6, 6.07) is 13.6. The molecule has 0 saturated carbocycles. The van der Waals surface area contributed by atoms with E-state index in [-0.39, 0.29) is 24.2 Å². The van der Waals surface area contributed by atoms with E-state index in [2.05, 4.69) is 0 Å². The molecule has 1 aliphatic rings. The first-order valence-corrected chi connectivity index (χ1v) is 7.48. The molecule has 3 nitrogen and oxygen atoms in total. The zero-order valence-electron chi connectivity index (χ0n) is 13.1. The Kier molecular flexibility index (Phi) is 3.57. The second kappa shape index (κ2) is 5.41. The number of rotatable bonds is 2. The first-order chi connectivity index (χ1) is 10.5. The smallest absolute Gasteiger partial charge is 0.241 e. The van der Waals surface area contributed by atoms with Crippen molar-refractivity contribution in [2.24, 2.45) is 0 Å². The highest BCUT2D eigenvalue weighted by Gasteiger charge is 2.41. The summed E-state index contributed by atoms with van der Waals surface area (Å²) >= 11 is 0. The molecule has 22 heavy (non-hydrogen) atoms. The zero-order valence-corrected chi connectivity index (χ0v) is 13.1. The van der Waals surface area contributed by atoms with Gasteiger partial charge in [-0.1, -0.05) is 48.0 Å². The average molecular weight is 293 g/mol. The van der Waals surface area contributed by atoms with E-state index < -0.39 is 0 Å². The Morgan fingerprint density at radius 1 is 0.955 bits per heavy atom. The van der Waals surface area contributed by atoms with Gasteiger partial charge in [0.15, 0.2) is 0 Å². The number of anilines is 1. The molecule has 0 radical (unpaired) electrons. The van der Waals surface area contributed by atoms with Crippen LogP contribution in [0.5, 0.6) is 0 Å². The van der Waals surface area contributed by atoms with Crippen LogP contribution < -0.4 is 4.90 Å². The number of amides is 2. The number of hydrogen-bond acceptors (Lipinski definition) is 2. The van der Waals surface area contributed by atoms with Crippen LogP contribution in [0.3, 0.4) is 0 Å². The predicted octanol–water partition coefficient (Wildman–Crippen LogP) is 3.66. The molecule has 2 amide bonds. The van der Waals surface area contributed by atoms with Crippen LogP contribution in [0, 0.1) is 20.8 Å². The van der Waals surface area contributed by atoms with Gasteiger partial charge in [-0.25, -0.2) is 4.90 Å². The van der Waals surface area contributed by atoms with Crippen LogP contribution in [-0.4, -0.2) is 11.8 Å². The second-order valence-corrected chi connectivity index (χ2v) is 5.98. The highest BCUT2D eigenvalue weighted by Crippen LogP contribution is 2.36. The van der Waals surface area contributed by atoms with Crippen molar-refractivity contribution in [2.45, 2.75) is 33.1 Å². The molecule has 0 N–H and O–H groups in total. The topological polar surface area (TPSA) is 37.4 Å². The number of imide groups is 1. The summed E-state index contributed by atoms with van der Waals surface area (Å²) < 4.78 is 0. The molecule has 1 heterocycles. The van der Waals surface area contributed by atoms with E-state index in [0.717, 1.165) is 27.9 Å². The van der Waals surface area contributed by atoms with Crippen molar-refractivity contribution in [3.63, 3.8) is 0 Å². The Morgan fingerprint density at radius 3 is 2.14 bits per heavy atom. The Labute approximate surface area is 130 Å². The van der Waals surface area contributed by atoms with Gasteiger partial charge in [0.25, 0.3) is 0 Å². The number of carbonyl (C=O) groups is 2. The molecule has 0 aromatic heterocycles. The van der Waals surface area contributed by atoms with Gasteiger partial charge in [0.1, 0.15) is 0 Å². The van der Waals surface area contributed by atoms with E-state index in [1.54, 1.807) is 0 Å². The highest BCUT2D eigenvalue weighted by molar-refractivity contribution is 6.23. The lowest BCUT2D eigenvalue weighted by Crippen LogP contribution is -2.31. The van der Waals surface area contributed by atoms with Crippen LogP contribution in [-0.2, 0) is 9.59 Å². The maximum absolute atomic E-state index is 12.8. The normalized spacial score (nSPS) is 18.1. The predicted molar refractivity (Wildman–Crippen MR) is 86.9 cm³/mol. The second-order valence-electron chi connectivity index (χ2n) is 5.98. The minimum absolute atomic E-state index is 0.117. The third kappa shape index (κ3) is 2.33. The van der Waals surface area contributed by atoms with Crippen LogP contribution in [0.25, 0.3) is 0 Å². The summed E-state index contributed by atoms with van der Waals surface area (Å²) in [7, 11) is 0. The van der Waals surface area contributed by atoms with Gasteiger partial charge in [0.2, 0.25) is 11.8 Å². The molecule has 3 rings (SSSR count). The molecular weight excluding hydrogens is 274 g/mol. The Hall–Kier alpha value is -2.42. The van der Waals surface area contributed by atoms with Crippen molar-refractivity contribution in [3.05, 3.63) is 64.7 Å². The Balaban J connectivity index is 2.03. The maximum Gasteiger partial charge on any atom is 0.241 e. The summed E-state index contributed by atoms with van der Waals surface area (Å²) in [5.41, 5.74) is 4.73. The molecule has 1 aliphatic heterocycles. The zero-order chi connectivity index (χ0) is 15.9. The van der Waals surface area contributed by atoms with Crippen molar-refractivity contribution in [2.75, 3.05) is 4.90 Å². The van der Waals surface area contributed by atoms with Crippen molar-refractivity contribution in [1.82, 2.24) is 0 Å². The molecule has 112 valence electrons. The monoisotopic (exact) mass is 293 g/mol. The number of hydrogen-bond donors (Lipinski definition) is 0. The van der Waals surface area contributed by atoms with Crippen LogP contribution in [0.4, 0.5) is 5.69 Å². The largest absolute Gasteiger partial charge is 0.274 e. The minimum Gasteiger partial charge on any atom is -0.274 e. The standard InChI is InChI=1S/C19H19NO2/c1-12-9-13(2)18(14(3)10-12)20-17(21)11-16(19(20)22)15-7-5-4-6-8-15/h4-10,16H,11H2,1-3H3/t16-/m1/s1. The Morgan fingerprint density at radius 2 is 1.55 bits per heavy atom. The first-order valence-electron chi connectivity index (χ1n) is 7.48. The Bertz CT molecular complexity index is 726. The van der Waals surface area contributed by atoms with Gasteiger partial charge in [-0.05, 0) is 37.5 Å². The number of carbonyl (C=O) groups excluding carboxylic acids is 2. The van der Waals surface area contributed by atoms with Crippen molar-refractivity contribution >= 4 is 17.5 Å². The average Bonchev–Trinajstić information content (AvgIpc) is 2.75. The van der Waals surface area contributed by atoms with Gasteiger partial charge in [-0.15, -0.1) is 0 Å². The van der Waals surface area contributed by atoms with E-state index in [9.17, 15) is 9.59 Å². The van der Waals surface area contributed by atoms with E-state index in [1.165, 1.54) is 4.90 Å². The molecule has 0 aliphatic carbocycles. The van der Waals surface area contributed by atoms with Crippen molar-refractivity contribution in [1.29, 1.82) is 0 Å². The molecule has 1 fully saturated rings. The number of aryl methyl sites for hydroxylation is 3. The highest BCUT2D eigenvalue weighted by atomic mass is 16.2. The van der Waals surface area contributed by atoms with Gasteiger partial charge >= 0.3 is 0 Å². The van der Waals surface area contributed by atoms with Crippen LogP contribution in [0.15, 0.2) is 42.5 Å². The fourth-order valence-corrected chi connectivity index (χ4v) is 3.34. The van der Waals surface area contributed by atoms with Crippen molar-refractivity contribution < 1.29 is 9.59 Å². The summed E-state index contributed by atoms with van der Waals surface area (Å²) in [5, 5.41) is 0. The van der Waals surface area contributed by atoms with Gasteiger partial charge in [-0.2, -0.15) is 0 Å². The molecule has 3 heteroatoms.